The molecule has 1 atom stereocenters. The molecule has 3 rings (SSSR count). The van der Waals surface area contributed by atoms with Crippen molar-refractivity contribution in [3.05, 3.63) is 29.1 Å². The minimum absolute atomic E-state index is 0.133. The van der Waals surface area contributed by atoms with Gasteiger partial charge in [0, 0.05) is 38.7 Å². The van der Waals surface area contributed by atoms with Crippen molar-refractivity contribution in [2.24, 2.45) is 0 Å². The third-order valence-corrected chi connectivity index (χ3v) is 4.21. The Labute approximate surface area is 125 Å². The summed E-state index contributed by atoms with van der Waals surface area (Å²) in [5.41, 5.74) is 3.60. The highest BCUT2D eigenvalue weighted by molar-refractivity contribution is 5.81. The second-order valence-electron chi connectivity index (χ2n) is 5.58. The van der Waals surface area contributed by atoms with E-state index in [1.165, 1.54) is 5.56 Å². The van der Waals surface area contributed by atoms with Crippen LogP contribution in [-0.2, 0) is 33.8 Å². The summed E-state index contributed by atoms with van der Waals surface area (Å²) < 4.78 is 11.0. The van der Waals surface area contributed by atoms with E-state index in [-0.39, 0.29) is 12.0 Å². The average Bonchev–Trinajstić information content (AvgIpc) is 3.06. The summed E-state index contributed by atoms with van der Waals surface area (Å²) in [5.74, 6) is 0.133. The molecule has 2 aliphatic heterocycles. The molecule has 0 aromatic carbocycles. The lowest BCUT2D eigenvalue weighted by Crippen LogP contribution is -2.42. The Morgan fingerprint density at radius 2 is 2.43 bits per heavy atom. The van der Waals surface area contributed by atoms with E-state index in [0.29, 0.717) is 26.4 Å². The van der Waals surface area contributed by atoms with Gasteiger partial charge in [0.15, 0.2) is 0 Å². The topological polar surface area (TPSA) is 51.7 Å². The molecule has 1 amide bonds. The fourth-order valence-electron chi connectivity index (χ4n) is 3.07. The largest absolute Gasteiger partial charge is 0.377 e. The molecule has 21 heavy (non-hydrogen) atoms. The highest BCUT2D eigenvalue weighted by Gasteiger charge is 2.30. The molecule has 0 bridgehead atoms. The number of carbonyl (C=O) groups is 1. The maximum atomic E-state index is 12.4. The number of hydrogen-bond donors (Lipinski definition) is 0. The second kappa shape index (κ2) is 6.54. The van der Waals surface area contributed by atoms with Crippen LogP contribution in [0.15, 0.2) is 12.4 Å². The molecule has 5 heteroatoms. The number of aromatic nitrogens is 1. The lowest BCUT2D eigenvalue weighted by molar-refractivity contribution is -0.141. The number of carbonyl (C=O) groups excluding carboxylic acids is 1. The van der Waals surface area contributed by atoms with E-state index < -0.39 is 0 Å². The number of fused-ring (bicyclic) bond motifs is 1. The predicted octanol–water partition coefficient (Wildman–Crippen LogP) is 1.68. The summed E-state index contributed by atoms with van der Waals surface area (Å²) in [6, 6.07) is 0. The monoisotopic (exact) mass is 290 g/mol. The van der Waals surface area contributed by atoms with Gasteiger partial charge in [0.2, 0.25) is 0 Å². The number of rotatable bonds is 4. The Balaban J connectivity index is 1.72. The molecule has 1 aromatic rings. The molecule has 2 aliphatic rings. The molecule has 0 radical (unpaired) electrons. The molecule has 0 saturated carbocycles. The van der Waals surface area contributed by atoms with Crippen LogP contribution in [0.3, 0.4) is 0 Å². The van der Waals surface area contributed by atoms with Gasteiger partial charge in [0.1, 0.15) is 6.10 Å². The number of nitrogens with zero attached hydrogens (tertiary/aromatic N) is 2. The predicted molar refractivity (Wildman–Crippen MR) is 77.7 cm³/mol. The normalized spacial score (nSPS) is 21.4. The van der Waals surface area contributed by atoms with E-state index in [4.69, 9.17) is 9.47 Å². The van der Waals surface area contributed by atoms with Gasteiger partial charge in [-0.05, 0) is 42.9 Å². The Bertz CT molecular complexity index is 512. The summed E-state index contributed by atoms with van der Waals surface area (Å²) >= 11 is 0. The molecule has 0 spiro atoms. The van der Waals surface area contributed by atoms with Crippen molar-refractivity contribution in [1.82, 2.24) is 9.88 Å². The molecule has 0 aliphatic carbocycles. The second-order valence-corrected chi connectivity index (χ2v) is 5.58. The lowest BCUT2D eigenvalue weighted by Gasteiger charge is -2.31. The van der Waals surface area contributed by atoms with Crippen molar-refractivity contribution < 1.29 is 14.3 Å². The Kier molecular flexibility index (Phi) is 4.51. The fourth-order valence-corrected chi connectivity index (χ4v) is 3.07. The first kappa shape index (κ1) is 14.5. The maximum Gasteiger partial charge on any atom is 0.252 e. The van der Waals surface area contributed by atoms with Crippen molar-refractivity contribution in [2.45, 2.75) is 45.4 Å². The first-order valence-electron chi connectivity index (χ1n) is 7.72. The summed E-state index contributed by atoms with van der Waals surface area (Å²) in [7, 11) is 0. The smallest absolute Gasteiger partial charge is 0.252 e. The number of amides is 1. The van der Waals surface area contributed by atoms with Crippen LogP contribution in [0.5, 0.6) is 0 Å². The van der Waals surface area contributed by atoms with Crippen LogP contribution in [0, 0.1) is 0 Å². The average molecular weight is 290 g/mol. The highest BCUT2D eigenvalue weighted by atomic mass is 16.5. The molecule has 3 heterocycles. The molecule has 0 unspecified atom stereocenters. The minimum Gasteiger partial charge on any atom is -0.377 e. The number of hydrogen-bond acceptors (Lipinski definition) is 4. The molecule has 1 fully saturated rings. The third kappa shape index (κ3) is 3.09. The van der Waals surface area contributed by atoms with E-state index >= 15 is 0 Å². The van der Waals surface area contributed by atoms with Crippen LogP contribution >= 0.6 is 0 Å². The fraction of sp³-hybridized carbons (Fsp3) is 0.625. The summed E-state index contributed by atoms with van der Waals surface area (Å²) in [5, 5.41) is 0. The quantitative estimate of drug-likeness (QED) is 0.846. The van der Waals surface area contributed by atoms with Gasteiger partial charge in [-0.3, -0.25) is 9.78 Å². The summed E-state index contributed by atoms with van der Waals surface area (Å²) in [4.78, 5) is 18.6. The van der Waals surface area contributed by atoms with Crippen molar-refractivity contribution in [3.63, 3.8) is 0 Å². The summed E-state index contributed by atoms with van der Waals surface area (Å²) in [6.07, 6.45) is 6.24. The lowest BCUT2D eigenvalue weighted by atomic mass is 9.97. The van der Waals surface area contributed by atoms with Crippen molar-refractivity contribution in [3.8, 4) is 0 Å². The van der Waals surface area contributed by atoms with Gasteiger partial charge in [-0.25, -0.2) is 0 Å². The van der Waals surface area contributed by atoms with Crippen LogP contribution in [0.1, 0.15) is 36.5 Å². The summed E-state index contributed by atoms with van der Waals surface area (Å²) in [6.45, 7) is 5.40. The van der Waals surface area contributed by atoms with Gasteiger partial charge in [-0.2, -0.15) is 0 Å². The first-order valence-corrected chi connectivity index (χ1v) is 7.72. The Morgan fingerprint density at radius 3 is 3.19 bits per heavy atom. The van der Waals surface area contributed by atoms with Gasteiger partial charge in [0.25, 0.3) is 5.91 Å². The van der Waals surface area contributed by atoms with Crippen LogP contribution in [0.2, 0.25) is 0 Å². The van der Waals surface area contributed by atoms with Gasteiger partial charge in [-0.15, -0.1) is 0 Å². The Hall–Kier alpha value is -1.46. The number of ether oxygens (including phenoxy) is 2. The van der Waals surface area contributed by atoms with Gasteiger partial charge < -0.3 is 14.4 Å². The molecule has 5 nitrogen and oxygen atoms in total. The molecule has 114 valence electrons. The van der Waals surface area contributed by atoms with E-state index in [2.05, 4.69) is 4.98 Å². The van der Waals surface area contributed by atoms with Crippen molar-refractivity contribution in [1.29, 1.82) is 0 Å². The maximum absolute atomic E-state index is 12.4. The molecule has 1 aromatic heterocycles. The van der Waals surface area contributed by atoms with Crippen molar-refractivity contribution >= 4 is 5.91 Å². The van der Waals surface area contributed by atoms with Crippen LogP contribution in [0.25, 0.3) is 0 Å². The molecule has 0 N–H and O–H groups in total. The van der Waals surface area contributed by atoms with Crippen molar-refractivity contribution in [2.75, 3.05) is 19.8 Å². The minimum atomic E-state index is -0.230. The zero-order valence-corrected chi connectivity index (χ0v) is 12.5. The van der Waals surface area contributed by atoms with E-state index in [9.17, 15) is 4.79 Å². The third-order valence-electron chi connectivity index (χ3n) is 4.21. The van der Waals surface area contributed by atoms with E-state index in [1.807, 2.05) is 24.2 Å². The van der Waals surface area contributed by atoms with E-state index in [0.717, 1.165) is 36.9 Å². The molecular formula is C16H22N2O3. The van der Waals surface area contributed by atoms with Gasteiger partial charge in [-0.1, -0.05) is 0 Å². The standard InChI is InChI=1S/C16H22N2O3/c1-2-20-11-13-9-17-8-12-10-18(6-5-14(12)13)16(19)15-4-3-7-21-15/h8-9,15H,2-7,10-11H2,1H3/t15-/m0/s1. The SMILES string of the molecule is CCOCc1cncc2c1CCN(C(=O)[C@@H]1CCCO1)C2. The van der Waals surface area contributed by atoms with E-state index in [1.54, 1.807) is 0 Å². The van der Waals surface area contributed by atoms with Crippen LogP contribution in [-0.4, -0.2) is 41.7 Å². The molecule has 1 saturated heterocycles. The number of pyridine rings is 1. The van der Waals surface area contributed by atoms with Crippen LogP contribution < -0.4 is 0 Å². The highest BCUT2D eigenvalue weighted by Crippen LogP contribution is 2.24. The zero-order chi connectivity index (χ0) is 14.7. The first-order chi connectivity index (χ1) is 10.3. The van der Waals surface area contributed by atoms with Gasteiger partial charge >= 0.3 is 0 Å². The van der Waals surface area contributed by atoms with Gasteiger partial charge in [0.05, 0.1) is 6.61 Å². The van der Waals surface area contributed by atoms with Crippen LogP contribution in [0.4, 0.5) is 0 Å². The zero-order valence-electron chi connectivity index (χ0n) is 12.5. The molecular weight excluding hydrogens is 268 g/mol. The Morgan fingerprint density at radius 1 is 1.52 bits per heavy atom.